The van der Waals surface area contributed by atoms with Gasteiger partial charge in [0.15, 0.2) is 0 Å². The largest absolute Gasteiger partial charge is 0.348 e. The van der Waals surface area contributed by atoms with Crippen molar-refractivity contribution in [2.75, 3.05) is 13.6 Å². The number of hydrogen-bond donors (Lipinski definition) is 2. The van der Waals surface area contributed by atoms with Crippen LogP contribution in [0.4, 0.5) is 4.39 Å². The summed E-state index contributed by atoms with van der Waals surface area (Å²) in [5, 5.41) is 5.81. The number of amides is 1. The highest BCUT2D eigenvalue weighted by atomic mass is 35.5. The van der Waals surface area contributed by atoms with Gasteiger partial charge in [0.2, 0.25) is 5.91 Å². The van der Waals surface area contributed by atoms with Crippen molar-refractivity contribution in [2.24, 2.45) is 5.92 Å². The molecule has 2 N–H and O–H groups in total. The lowest BCUT2D eigenvalue weighted by Crippen LogP contribution is -2.39. The summed E-state index contributed by atoms with van der Waals surface area (Å²) in [6, 6.07) is 5.04. The summed E-state index contributed by atoms with van der Waals surface area (Å²) in [4.78, 5) is 11.7. The second-order valence-corrected chi connectivity index (χ2v) is 4.90. The second-order valence-electron chi connectivity index (χ2n) is 4.90. The maximum absolute atomic E-state index is 13.7. The van der Waals surface area contributed by atoms with Gasteiger partial charge in [-0.15, -0.1) is 12.4 Å². The van der Waals surface area contributed by atoms with Crippen LogP contribution in [-0.4, -0.2) is 19.5 Å². The van der Waals surface area contributed by atoms with E-state index in [1.165, 1.54) is 6.07 Å². The molecule has 3 nitrogen and oxygen atoms in total. The maximum atomic E-state index is 13.7. The molecule has 1 amide bonds. The highest BCUT2D eigenvalue weighted by Gasteiger charge is 2.29. The number of carbonyl (C=O) groups is 1. The van der Waals surface area contributed by atoms with E-state index in [1.807, 2.05) is 6.07 Å². The third kappa shape index (κ3) is 3.45. The molecule has 1 aliphatic rings. The molecule has 2 unspecified atom stereocenters. The minimum Gasteiger partial charge on any atom is -0.348 e. The fourth-order valence-electron chi connectivity index (χ4n) is 2.58. The minimum atomic E-state index is -0.160. The number of hydrogen-bond acceptors (Lipinski definition) is 2. The van der Waals surface area contributed by atoms with E-state index in [2.05, 4.69) is 17.6 Å². The van der Waals surface area contributed by atoms with E-state index in [1.54, 1.807) is 13.1 Å². The third-order valence-electron chi connectivity index (χ3n) is 3.56. The van der Waals surface area contributed by atoms with Crippen molar-refractivity contribution >= 4 is 18.3 Å². The van der Waals surface area contributed by atoms with E-state index in [0.29, 0.717) is 5.92 Å². The summed E-state index contributed by atoms with van der Waals surface area (Å²) in [7, 11) is 1.73. The molecule has 0 heterocycles. The molecule has 0 spiro atoms. The molecule has 2 atom stereocenters. The van der Waals surface area contributed by atoms with Gasteiger partial charge >= 0.3 is 0 Å². The molecular formula is C14H20ClFN2O. The maximum Gasteiger partial charge on any atom is 0.234 e. The van der Waals surface area contributed by atoms with Crippen molar-refractivity contribution in [2.45, 2.75) is 25.8 Å². The van der Waals surface area contributed by atoms with Crippen LogP contribution in [0.5, 0.6) is 0 Å². The number of benzene rings is 1. The molecular weight excluding hydrogens is 267 g/mol. The van der Waals surface area contributed by atoms with Gasteiger partial charge in [-0.05, 0) is 43.0 Å². The Kier molecular flexibility index (Phi) is 5.76. The first-order valence-corrected chi connectivity index (χ1v) is 6.34. The molecule has 5 heteroatoms. The molecule has 1 aromatic rings. The predicted octanol–water partition coefficient (Wildman–Crippen LogP) is 2.21. The number of likely N-dealkylation sites (N-methyl/N-ethyl adjacent to an activating group) is 1. The Morgan fingerprint density at radius 2 is 2.21 bits per heavy atom. The van der Waals surface area contributed by atoms with Crippen LogP contribution in [0.2, 0.25) is 0 Å². The first-order valence-electron chi connectivity index (χ1n) is 6.34. The highest BCUT2D eigenvalue weighted by molar-refractivity contribution is 5.85. The van der Waals surface area contributed by atoms with Crippen molar-refractivity contribution in [3.05, 3.63) is 35.1 Å². The molecule has 0 fully saturated rings. The van der Waals surface area contributed by atoms with Crippen molar-refractivity contribution in [3.8, 4) is 0 Å². The zero-order chi connectivity index (χ0) is 13.1. The zero-order valence-corrected chi connectivity index (χ0v) is 12.0. The lowest BCUT2D eigenvalue weighted by molar-refractivity contribution is -0.121. The zero-order valence-electron chi connectivity index (χ0n) is 11.2. The van der Waals surface area contributed by atoms with Crippen LogP contribution in [0.3, 0.4) is 0 Å². The minimum absolute atomic E-state index is 0. The summed E-state index contributed by atoms with van der Waals surface area (Å²) in [6.45, 7) is 2.38. The Bertz CT molecular complexity index is 453. The standard InChI is InChI=1S/C14H19FN2O.ClH/c1-9-6-7-10-11(4-3-5-12(10)15)14(9)17-13(18)8-16-2;/h3-5,9,14,16H,6-8H2,1-2H3,(H,17,18);1H. The summed E-state index contributed by atoms with van der Waals surface area (Å²) in [5.41, 5.74) is 1.68. The molecule has 106 valence electrons. The van der Waals surface area contributed by atoms with E-state index in [4.69, 9.17) is 0 Å². The van der Waals surface area contributed by atoms with Crippen LogP contribution >= 0.6 is 12.4 Å². The lowest BCUT2D eigenvalue weighted by atomic mass is 9.80. The number of nitrogens with one attached hydrogen (secondary N) is 2. The van der Waals surface area contributed by atoms with Gasteiger partial charge in [0.05, 0.1) is 12.6 Å². The van der Waals surface area contributed by atoms with Crippen LogP contribution in [0, 0.1) is 11.7 Å². The quantitative estimate of drug-likeness (QED) is 0.894. The fourth-order valence-corrected chi connectivity index (χ4v) is 2.58. The number of carbonyl (C=O) groups excluding carboxylic acids is 1. The average Bonchev–Trinajstić information content (AvgIpc) is 2.33. The lowest BCUT2D eigenvalue weighted by Gasteiger charge is -2.32. The molecule has 0 saturated heterocycles. The Labute approximate surface area is 119 Å². The van der Waals surface area contributed by atoms with Crippen LogP contribution in [-0.2, 0) is 11.2 Å². The van der Waals surface area contributed by atoms with Gasteiger partial charge in [-0.2, -0.15) is 0 Å². The van der Waals surface area contributed by atoms with E-state index < -0.39 is 0 Å². The second kappa shape index (κ2) is 6.87. The number of fused-ring (bicyclic) bond motifs is 1. The fraction of sp³-hybridized carbons (Fsp3) is 0.500. The van der Waals surface area contributed by atoms with Crippen LogP contribution in [0.15, 0.2) is 18.2 Å². The monoisotopic (exact) mass is 286 g/mol. The van der Waals surface area contributed by atoms with Crippen molar-refractivity contribution in [3.63, 3.8) is 0 Å². The van der Waals surface area contributed by atoms with Gasteiger partial charge in [-0.3, -0.25) is 4.79 Å². The molecule has 0 bridgehead atoms. The molecule has 0 aliphatic heterocycles. The molecule has 0 saturated carbocycles. The topological polar surface area (TPSA) is 41.1 Å². The molecule has 2 rings (SSSR count). The van der Waals surface area contributed by atoms with Crippen molar-refractivity contribution in [1.29, 1.82) is 0 Å². The van der Waals surface area contributed by atoms with Crippen molar-refractivity contribution in [1.82, 2.24) is 10.6 Å². The molecule has 19 heavy (non-hydrogen) atoms. The Hall–Kier alpha value is -1.13. The molecule has 1 aliphatic carbocycles. The first-order chi connectivity index (χ1) is 8.63. The van der Waals surface area contributed by atoms with E-state index >= 15 is 0 Å². The van der Waals surface area contributed by atoms with E-state index in [-0.39, 0.29) is 36.7 Å². The molecule has 1 aromatic carbocycles. The van der Waals surface area contributed by atoms with E-state index in [0.717, 1.165) is 24.0 Å². The van der Waals surface area contributed by atoms with Gasteiger partial charge in [0.1, 0.15) is 5.82 Å². The van der Waals surface area contributed by atoms with Crippen molar-refractivity contribution < 1.29 is 9.18 Å². The summed E-state index contributed by atoms with van der Waals surface area (Å²) >= 11 is 0. The van der Waals surface area contributed by atoms with Gasteiger partial charge in [-0.25, -0.2) is 4.39 Å². The normalized spacial score (nSPS) is 21.2. The number of halogens is 2. The van der Waals surface area contributed by atoms with Crippen LogP contribution < -0.4 is 10.6 Å². The average molecular weight is 287 g/mol. The smallest absolute Gasteiger partial charge is 0.234 e. The predicted molar refractivity (Wildman–Crippen MR) is 75.9 cm³/mol. The third-order valence-corrected chi connectivity index (χ3v) is 3.56. The summed E-state index contributed by atoms with van der Waals surface area (Å²) < 4.78 is 13.7. The van der Waals surface area contributed by atoms with E-state index in [9.17, 15) is 9.18 Å². The summed E-state index contributed by atoms with van der Waals surface area (Å²) in [5.74, 6) is 0.124. The Balaban J connectivity index is 0.00000180. The molecule has 0 radical (unpaired) electrons. The van der Waals surface area contributed by atoms with Gasteiger partial charge in [0.25, 0.3) is 0 Å². The SMILES string of the molecule is CNCC(=O)NC1c2cccc(F)c2CCC1C.Cl. The Morgan fingerprint density at radius 1 is 1.47 bits per heavy atom. The highest BCUT2D eigenvalue weighted by Crippen LogP contribution is 2.35. The van der Waals surface area contributed by atoms with Crippen LogP contribution in [0.1, 0.15) is 30.5 Å². The summed E-state index contributed by atoms with van der Waals surface area (Å²) in [6.07, 6.45) is 1.65. The molecule has 0 aromatic heterocycles. The van der Waals surface area contributed by atoms with Gasteiger partial charge < -0.3 is 10.6 Å². The van der Waals surface area contributed by atoms with Gasteiger partial charge in [-0.1, -0.05) is 19.1 Å². The van der Waals surface area contributed by atoms with Crippen LogP contribution in [0.25, 0.3) is 0 Å². The number of rotatable bonds is 3. The van der Waals surface area contributed by atoms with Gasteiger partial charge in [0, 0.05) is 0 Å². The first kappa shape index (κ1) is 15.9. The Morgan fingerprint density at radius 3 is 2.89 bits per heavy atom.